The number of benzene rings is 2. The van der Waals surface area contributed by atoms with Gasteiger partial charge in [0.25, 0.3) is 11.5 Å². The van der Waals surface area contributed by atoms with Gasteiger partial charge in [0.15, 0.2) is 0 Å². The zero-order chi connectivity index (χ0) is 22.0. The highest BCUT2D eigenvalue weighted by atomic mass is 16.5. The van der Waals surface area contributed by atoms with Gasteiger partial charge < -0.3 is 15.0 Å². The highest BCUT2D eigenvalue weighted by Gasteiger charge is 2.32. The van der Waals surface area contributed by atoms with E-state index in [1.165, 1.54) is 19.2 Å². The van der Waals surface area contributed by atoms with Crippen LogP contribution >= 0.6 is 0 Å². The van der Waals surface area contributed by atoms with Crippen LogP contribution in [0.4, 0.5) is 11.4 Å². The number of amides is 2. The molecule has 2 aromatic carbocycles. The van der Waals surface area contributed by atoms with Crippen LogP contribution in [0.3, 0.4) is 0 Å². The summed E-state index contributed by atoms with van der Waals surface area (Å²) in [5.74, 6) is -0.146. The molecule has 0 spiro atoms. The van der Waals surface area contributed by atoms with Gasteiger partial charge in [0, 0.05) is 29.5 Å². The summed E-state index contributed by atoms with van der Waals surface area (Å²) < 4.78 is 6.13. The van der Waals surface area contributed by atoms with E-state index in [2.05, 4.69) is 10.4 Å². The van der Waals surface area contributed by atoms with Crippen LogP contribution in [0.5, 0.6) is 5.75 Å². The van der Waals surface area contributed by atoms with Crippen molar-refractivity contribution in [3.8, 4) is 5.75 Å². The van der Waals surface area contributed by atoms with Gasteiger partial charge in [0.1, 0.15) is 18.0 Å². The molecule has 1 N–H and O–H groups in total. The Labute approximate surface area is 179 Å². The molecule has 4 rings (SSSR count). The summed E-state index contributed by atoms with van der Waals surface area (Å²) in [6.45, 7) is 1.65. The zero-order valence-corrected chi connectivity index (χ0v) is 17.2. The van der Waals surface area contributed by atoms with Crippen molar-refractivity contribution in [3.05, 3.63) is 82.3 Å². The van der Waals surface area contributed by atoms with E-state index in [9.17, 15) is 14.4 Å². The molecule has 0 radical (unpaired) electrons. The van der Waals surface area contributed by atoms with E-state index in [0.717, 1.165) is 22.4 Å². The Kier molecular flexibility index (Phi) is 5.53. The van der Waals surface area contributed by atoms with Gasteiger partial charge in [-0.3, -0.25) is 14.4 Å². The van der Waals surface area contributed by atoms with Crippen molar-refractivity contribution < 1.29 is 14.3 Å². The predicted octanol–water partition coefficient (Wildman–Crippen LogP) is 2.48. The fourth-order valence-electron chi connectivity index (χ4n) is 3.71. The average molecular weight is 418 g/mol. The molecular formula is C23H22N4O4. The molecular weight excluding hydrogens is 396 g/mol. The average Bonchev–Trinajstić information content (AvgIpc) is 3.10. The fraction of sp³-hybridized carbons (Fsp3) is 0.217. The van der Waals surface area contributed by atoms with Gasteiger partial charge >= 0.3 is 0 Å². The van der Waals surface area contributed by atoms with Crippen LogP contribution in [0.15, 0.2) is 65.5 Å². The van der Waals surface area contributed by atoms with E-state index < -0.39 is 11.5 Å². The van der Waals surface area contributed by atoms with Crippen molar-refractivity contribution >= 4 is 23.2 Å². The second-order valence-electron chi connectivity index (χ2n) is 7.35. The van der Waals surface area contributed by atoms with E-state index in [4.69, 9.17) is 4.74 Å². The lowest BCUT2D eigenvalue weighted by atomic mass is 10.1. The van der Waals surface area contributed by atoms with Crippen LogP contribution in [0, 0.1) is 0 Å². The Balaban J connectivity index is 1.54. The van der Waals surface area contributed by atoms with Crippen LogP contribution < -0.4 is 20.5 Å². The molecule has 0 unspecified atom stereocenters. The third-order valence-electron chi connectivity index (χ3n) is 5.16. The van der Waals surface area contributed by atoms with Crippen molar-refractivity contribution in [1.82, 2.24) is 9.78 Å². The molecule has 1 atom stereocenters. The molecule has 2 amide bonds. The monoisotopic (exact) mass is 418 g/mol. The lowest BCUT2D eigenvalue weighted by Gasteiger charge is -2.22. The predicted molar refractivity (Wildman–Crippen MR) is 117 cm³/mol. The Bertz CT molecular complexity index is 1200. The van der Waals surface area contributed by atoms with Gasteiger partial charge in [-0.05, 0) is 43.2 Å². The maximum Gasteiger partial charge on any atom is 0.278 e. The maximum absolute atomic E-state index is 13.2. The standard InChI is InChI=1S/C23H22N4O4/c1-15-12-16-6-3-4-9-20(16)27(15)23(30)19-10-11-22(29)26(25-19)14-21(28)24-17-7-5-8-18(13-17)31-2/h3-11,13,15H,12,14H2,1-2H3,(H,24,28)/t15-/m1/s1. The summed E-state index contributed by atoms with van der Waals surface area (Å²) in [7, 11) is 1.53. The first-order chi connectivity index (χ1) is 15.0. The summed E-state index contributed by atoms with van der Waals surface area (Å²) >= 11 is 0. The van der Waals surface area contributed by atoms with Crippen LogP contribution in [0.25, 0.3) is 0 Å². The van der Waals surface area contributed by atoms with Gasteiger partial charge in [-0.15, -0.1) is 0 Å². The van der Waals surface area contributed by atoms with E-state index in [-0.39, 0.29) is 24.2 Å². The van der Waals surface area contributed by atoms with Crippen molar-refractivity contribution in [2.24, 2.45) is 0 Å². The third kappa shape index (κ3) is 4.18. The molecule has 3 aromatic rings. The second kappa shape index (κ2) is 8.43. The van der Waals surface area contributed by atoms with E-state index in [0.29, 0.717) is 11.4 Å². The van der Waals surface area contributed by atoms with Gasteiger partial charge in [-0.1, -0.05) is 24.3 Å². The molecule has 2 heterocycles. The highest BCUT2D eigenvalue weighted by molar-refractivity contribution is 6.06. The summed E-state index contributed by atoms with van der Waals surface area (Å²) in [5.41, 5.74) is 2.11. The number of carbonyl (C=O) groups is 2. The molecule has 8 nitrogen and oxygen atoms in total. The number of hydrogen-bond acceptors (Lipinski definition) is 5. The minimum Gasteiger partial charge on any atom is -0.497 e. The fourth-order valence-corrected chi connectivity index (χ4v) is 3.71. The number of hydrogen-bond donors (Lipinski definition) is 1. The first-order valence-electron chi connectivity index (χ1n) is 9.90. The third-order valence-corrected chi connectivity index (χ3v) is 5.16. The first-order valence-corrected chi connectivity index (χ1v) is 9.90. The number of carbonyl (C=O) groups excluding carboxylic acids is 2. The molecule has 0 bridgehead atoms. The van der Waals surface area contributed by atoms with E-state index in [1.807, 2.05) is 31.2 Å². The summed E-state index contributed by atoms with van der Waals surface area (Å²) in [6, 6.07) is 17.2. The maximum atomic E-state index is 13.2. The molecule has 0 fully saturated rings. The number of nitrogens with zero attached hydrogens (tertiary/aromatic N) is 3. The van der Waals surface area contributed by atoms with Gasteiger partial charge in [-0.25, -0.2) is 4.68 Å². The number of nitrogens with one attached hydrogen (secondary N) is 1. The molecule has 31 heavy (non-hydrogen) atoms. The van der Waals surface area contributed by atoms with E-state index in [1.54, 1.807) is 29.2 Å². The van der Waals surface area contributed by atoms with Crippen molar-refractivity contribution in [3.63, 3.8) is 0 Å². The molecule has 0 saturated heterocycles. The molecule has 8 heteroatoms. The van der Waals surface area contributed by atoms with Crippen molar-refractivity contribution in [2.45, 2.75) is 25.9 Å². The molecule has 0 saturated carbocycles. The van der Waals surface area contributed by atoms with Gasteiger partial charge in [0.05, 0.1) is 7.11 Å². The summed E-state index contributed by atoms with van der Waals surface area (Å²) in [6.07, 6.45) is 0.754. The Morgan fingerprint density at radius 1 is 1.13 bits per heavy atom. The van der Waals surface area contributed by atoms with Gasteiger partial charge in [-0.2, -0.15) is 5.10 Å². The first kappa shape index (κ1) is 20.3. The minimum atomic E-state index is -0.466. The smallest absolute Gasteiger partial charge is 0.278 e. The van der Waals surface area contributed by atoms with Crippen LogP contribution in [-0.2, 0) is 17.8 Å². The number of para-hydroxylation sites is 1. The SMILES string of the molecule is COc1cccc(NC(=O)Cn2nc(C(=O)N3c4ccccc4C[C@H]3C)ccc2=O)c1. The second-order valence-corrected chi connectivity index (χ2v) is 7.35. The van der Waals surface area contributed by atoms with Crippen LogP contribution in [0.1, 0.15) is 23.0 Å². The number of rotatable bonds is 5. The lowest BCUT2D eigenvalue weighted by molar-refractivity contribution is -0.117. The Morgan fingerprint density at radius 2 is 1.94 bits per heavy atom. The minimum absolute atomic E-state index is 0.0246. The van der Waals surface area contributed by atoms with Crippen molar-refractivity contribution in [2.75, 3.05) is 17.3 Å². The molecule has 1 aliphatic rings. The normalized spacial score (nSPS) is 14.8. The molecule has 158 valence electrons. The molecule has 0 aliphatic carbocycles. The number of anilines is 2. The lowest BCUT2D eigenvalue weighted by Crippen LogP contribution is -2.38. The van der Waals surface area contributed by atoms with Gasteiger partial charge in [0.2, 0.25) is 5.91 Å². The Hall–Kier alpha value is -3.94. The molecule has 1 aliphatic heterocycles. The topological polar surface area (TPSA) is 93.5 Å². The summed E-state index contributed by atoms with van der Waals surface area (Å²) in [5, 5.41) is 6.87. The van der Waals surface area contributed by atoms with Crippen LogP contribution in [0.2, 0.25) is 0 Å². The largest absolute Gasteiger partial charge is 0.497 e. The van der Waals surface area contributed by atoms with Crippen LogP contribution in [-0.4, -0.2) is 34.7 Å². The zero-order valence-electron chi connectivity index (χ0n) is 17.2. The summed E-state index contributed by atoms with van der Waals surface area (Å²) in [4.78, 5) is 39.5. The Morgan fingerprint density at radius 3 is 2.74 bits per heavy atom. The molecule has 1 aromatic heterocycles. The number of ether oxygens (including phenoxy) is 1. The number of aromatic nitrogens is 2. The van der Waals surface area contributed by atoms with Crippen molar-refractivity contribution in [1.29, 1.82) is 0 Å². The van der Waals surface area contributed by atoms with E-state index >= 15 is 0 Å². The number of methoxy groups -OCH3 is 1. The number of fused-ring (bicyclic) bond motifs is 1. The highest BCUT2D eigenvalue weighted by Crippen LogP contribution is 2.32. The quantitative estimate of drug-likeness (QED) is 0.687.